The molecule has 0 aliphatic carbocycles. The van der Waals surface area contributed by atoms with E-state index in [1.54, 1.807) is 0 Å². The average Bonchev–Trinajstić information content (AvgIpc) is 1.35. The molecule has 2 heteroatoms. The van der Waals surface area contributed by atoms with Crippen LogP contribution in [0.3, 0.4) is 0 Å². The van der Waals surface area contributed by atoms with Gasteiger partial charge in [0.15, 0.2) is 0 Å². The van der Waals surface area contributed by atoms with E-state index in [4.69, 9.17) is 0 Å². The summed E-state index contributed by atoms with van der Waals surface area (Å²) in [6.07, 6.45) is 0. The van der Waals surface area contributed by atoms with E-state index in [-0.39, 0.29) is 0 Å². The molecule has 0 heterocycles. The van der Waals surface area contributed by atoms with E-state index in [0.29, 0.717) is 0 Å². The van der Waals surface area contributed by atoms with E-state index >= 15 is 0 Å². The second-order valence-electron chi connectivity index (χ2n) is 2.07. The van der Waals surface area contributed by atoms with Crippen molar-refractivity contribution in [3.05, 3.63) is 0 Å². The Balaban J connectivity index is 3.17. The topological polar surface area (TPSA) is 0 Å². The van der Waals surface area contributed by atoms with Gasteiger partial charge in [-0.25, -0.2) is 0 Å². The van der Waals surface area contributed by atoms with Gasteiger partial charge in [0.25, 0.3) is 0 Å². The average molecular weight is 258 g/mol. The molecular weight excluding hydrogens is 247 g/mol. The van der Waals surface area contributed by atoms with E-state index in [1.165, 1.54) is 4.44 Å². The molecule has 0 rings (SSSR count). The van der Waals surface area contributed by atoms with Crippen molar-refractivity contribution in [2.75, 3.05) is 0 Å². The van der Waals surface area contributed by atoms with Crippen molar-refractivity contribution in [3.63, 3.8) is 0 Å². The summed E-state index contributed by atoms with van der Waals surface area (Å²) in [4.78, 5) is 4.74. The molecule has 0 aromatic heterocycles. The molecule has 0 fully saturated rings. The maximum absolute atomic E-state index is 3.69. The molecule has 0 unspecified atom stereocenters. The third-order valence-electron chi connectivity index (χ3n) is 0.841. The Bertz CT molecular complexity index is 37.3. The molecule has 0 bridgehead atoms. The van der Waals surface area contributed by atoms with Gasteiger partial charge in [0.05, 0.1) is 0 Å². The molecule has 0 N–H and O–H groups in total. The van der Waals surface area contributed by atoms with Gasteiger partial charge in [-0.05, 0) is 0 Å². The van der Waals surface area contributed by atoms with Crippen molar-refractivity contribution in [1.82, 2.24) is 0 Å². The molecule has 6 heavy (non-hydrogen) atoms. The fourth-order valence-corrected chi connectivity index (χ4v) is 0. The Hall–Kier alpha value is 1.28. The first kappa shape index (κ1) is 7.28. The SMILES string of the molecule is C[CH2][Sn]([CH3])([CH3])[Br]. The molecule has 38 valence electrons. The Kier molecular flexibility index (Phi) is 3.10. The van der Waals surface area contributed by atoms with Crippen LogP contribution in [0.4, 0.5) is 0 Å². The Labute approximate surface area is 49.9 Å². The van der Waals surface area contributed by atoms with E-state index in [1.807, 2.05) is 0 Å². The summed E-state index contributed by atoms with van der Waals surface area (Å²) in [7, 11) is 0. The zero-order valence-electron chi connectivity index (χ0n) is 4.59. The summed E-state index contributed by atoms with van der Waals surface area (Å²) in [5.41, 5.74) is 0. The number of halogens is 1. The fraction of sp³-hybridized carbons (Fsp3) is 1.00. The van der Waals surface area contributed by atoms with E-state index in [0.717, 1.165) is 0 Å². The van der Waals surface area contributed by atoms with Gasteiger partial charge < -0.3 is 0 Å². The van der Waals surface area contributed by atoms with Crippen molar-refractivity contribution in [2.45, 2.75) is 21.2 Å². The Morgan fingerprint density at radius 3 is 1.67 bits per heavy atom. The fourth-order valence-electron chi connectivity index (χ4n) is 0. The second-order valence-corrected chi connectivity index (χ2v) is 28.3. The molecule has 0 spiro atoms. The van der Waals surface area contributed by atoms with Gasteiger partial charge in [0.2, 0.25) is 0 Å². The van der Waals surface area contributed by atoms with Gasteiger partial charge in [0.1, 0.15) is 0 Å². The van der Waals surface area contributed by atoms with Gasteiger partial charge in [-0.2, -0.15) is 0 Å². The summed E-state index contributed by atoms with van der Waals surface area (Å²) < 4.78 is 1.40. The molecule has 0 saturated heterocycles. The minimum absolute atomic E-state index is 1.40. The molecule has 0 atom stereocenters. The van der Waals surface area contributed by atoms with Gasteiger partial charge >= 0.3 is 50.1 Å². The molecule has 0 radical (unpaired) electrons. The van der Waals surface area contributed by atoms with Crippen LogP contribution in [0.2, 0.25) is 14.3 Å². The van der Waals surface area contributed by atoms with Crippen molar-refractivity contribution in [1.29, 1.82) is 0 Å². The van der Waals surface area contributed by atoms with Crippen molar-refractivity contribution >= 4 is 28.9 Å². The zero-order chi connectivity index (χ0) is 5.21. The molecule has 0 aromatic carbocycles. The Morgan fingerprint density at radius 1 is 1.50 bits per heavy atom. The summed E-state index contributed by atoms with van der Waals surface area (Å²) in [6.45, 7) is 2.25. The van der Waals surface area contributed by atoms with Gasteiger partial charge in [-0.1, -0.05) is 0 Å². The van der Waals surface area contributed by atoms with Crippen LogP contribution in [0.25, 0.3) is 0 Å². The van der Waals surface area contributed by atoms with Crippen molar-refractivity contribution in [2.24, 2.45) is 0 Å². The molecule has 0 saturated carbocycles. The zero-order valence-corrected chi connectivity index (χ0v) is 9.03. The minimum atomic E-state index is -1.42. The van der Waals surface area contributed by atoms with E-state index in [2.05, 4.69) is 29.5 Å². The molecular formula is C4H11BrSn. The summed E-state index contributed by atoms with van der Waals surface area (Å²) in [5.74, 6) is 0. The number of rotatable bonds is 1. The van der Waals surface area contributed by atoms with Crippen LogP contribution in [0, 0.1) is 0 Å². The van der Waals surface area contributed by atoms with Crippen LogP contribution in [0.1, 0.15) is 6.92 Å². The third kappa shape index (κ3) is 5.28. The van der Waals surface area contributed by atoms with Gasteiger partial charge in [-0.15, -0.1) is 0 Å². The normalized spacial score (nSPS) is 12.0. The van der Waals surface area contributed by atoms with E-state index in [9.17, 15) is 0 Å². The summed E-state index contributed by atoms with van der Waals surface area (Å²) in [6, 6.07) is 0. The van der Waals surface area contributed by atoms with Crippen LogP contribution in [-0.4, -0.2) is 16.2 Å². The van der Waals surface area contributed by atoms with Gasteiger partial charge in [-0.3, -0.25) is 0 Å². The Morgan fingerprint density at radius 2 is 1.67 bits per heavy atom. The summed E-state index contributed by atoms with van der Waals surface area (Å²) in [5, 5.41) is 0. The molecule has 0 aromatic rings. The first-order valence-corrected chi connectivity index (χ1v) is 16.4. The standard InChI is InChI=1S/C2H5.2CH3.BrH.Sn/c1-2;;;;/h1H2,2H3;2*1H3;1H;/q;;;;+1/p-1. The van der Waals surface area contributed by atoms with Crippen LogP contribution in [0.5, 0.6) is 0 Å². The van der Waals surface area contributed by atoms with Gasteiger partial charge in [0, 0.05) is 0 Å². The maximum atomic E-state index is 3.69. The van der Waals surface area contributed by atoms with Crippen molar-refractivity contribution in [3.8, 4) is 0 Å². The van der Waals surface area contributed by atoms with Crippen LogP contribution < -0.4 is 0 Å². The number of hydrogen-bond acceptors (Lipinski definition) is 0. The molecule has 0 aliphatic rings. The first-order valence-electron chi connectivity index (χ1n) is 2.25. The van der Waals surface area contributed by atoms with E-state index < -0.39 is 16.2 Å². The number of hydrogen-bond donors (Lipinski definition) is 0. The third-order valence-corrected chi connectivity index (χ3v) is 9.40. The molecule has 0 amide bonds. The monoisotopic (exact) mass is 258 g/mol. The predicted octanol–water partition coefficient (Wildman–Crippen LogP) is 2.61. The predicted molar refractivity (Wildman–Crippen MR) is 36.9 cm³/mol. The quantitative estimate of drug-likeness (QED) is 0.634. The van der Waals surface area contributed by atoms with Crippen LogP contribution in [0.15, 0.2) is 0 Å². The van der Waals surface area contributed by atoms with Crippen LogP contribution >= 0.6 is 12.7 Å². The second kappa shape index (κ2) is 2.55. The molecule has 0 nitrogen and oxygen atoms in total. The van der Waals surface area contributed by atoms with Crippen molar-refractivity contribution < 1.29 is 0 Å². The first-order chi connectivity index (χ1) is 2.56. The summed E-state index contributed by atoms with van der Waals surface area (Å²) >= 11 is 2.27. The molecule has 0 aliphatic heterocycles. The van der Waals surface area contributed by atoms with Crippen LogP contribution in [-0.2, 0) is 0 Å².